The summed E-state index contributed by atoms with van der Waals surface area (Å²) in [5, 5.41) is 4.65. The van der Waals surface area contributed by atoms with E-state index in [2.05, 4.69) is 20.2 Å². The van der Waals surface area contributed by atoms with Gasteiger partial charge in [-0.2, -0.15) is 13.9 Å². The highest BCUT2D eigenvalue weighted by Crippen LogP contribution is 2.45. The van der Waals surface area contributed by atoms with Crippen molar-refractivity contribution in [1.29, 1.82) is 0 Å². The lowest BCUT2D eigenvalue weighted by Gasteiger charge is -2.42. The first-order valence-electron chi connectivity index (χ1n) is 11.4. The van der Waals surface area contributed by atoms with Crippen molar-refractivity contribution in [3.8, 4) is 22.8 Å². The molecule has 0 radical (unpaired) electrons. The fourth-order valence-corrected chi connectivity index (χ4v) is 5.05. The molecule has 3 aromatic rings. The molecule has 36 heavy (non-hydrogen) atoms. The van der Waals surface area contributed by atoms with Crippen LogP contribution in [0.3, 0.4) is 0 Å². The van der Waals surface area contributed by atoms with Crippen LogP contribution < -0.4 is 10.2 Å². The molecule has 2 aromatic heterocycles. The number of nitroso groups, excluding NO2 is 1. The Morgan fingerprint density at radius 2 is 2.00 bits per heavy atom. The number of halogens is 5. The Balaban J connectivity index is 1.48. The minimum Gasteiger partial charge on any atom is -0.435 e. The van der Waals surface area contributed by atoms with Gasteiger partial charge in [0, 0.05) is 30.4 Å². The molecule has 2 aliphatic rings. The van der Waals surface area contributed by atoms with E-state index < -0.39 is 42.8 Å². The van der Waals surface area contributed by atoms with Crippen LogP contribution in [0.2, 0.25) is 0 Å². The predicted octanol–water partition coefficient (Wildman–Crippen LogP) is 5.00. The normalized spacial score (nSPS) is 19.9. The average Bonchev–Trinajstić information content (AvgIpc) is 3.16. The first-order chi connectivity index (χ1) is 17.0. The zero-order valence-electron chi connectivity index (χ0n) is 19.2. The molecule has 1 fully saturated rings. The summed E-state index contributed by atoms with van der Waals surface area (Å²) in [7, 11) is 0. The number of fused-ring (bicyclic) bond motifs is 1. The number of ether oxygens (including phenoxy) is 1. The number of benzene rings is 1. The Hall–Kier alpha value is -3.57. The summed E-state index contributed by atoms with van der Waals surface area (Å²) in [6.45, 7) is -1.40. The van der Waals surface area contributed by atoms with Gasteiger partial charge in [-0.05, 0) is 37.6 Å². The number of alkyl halides is 4. The van der Waals surface area contributed by atoms with Gasteiger partial charge in [-0.15, -0.1) is 5.43 Å². The van der Waals surface area contributed by atoms with Gasteiger partial charge in [-0.1, -0.05) is 12.1 Å². The zero-order valence-corrected chi connectivity index (χ0v) is 19.2. The topological polar surface area (TPSA) is 72.1 Å². The van der Waals surface area contributed by atoms with Gasteiger partial charge < -0.3 is 4.74 Å². The molecule has 0 aliphatic heterocycles. The number of nitrogens with zero attached hydrogens (tertiary/aromatic N) is 4. The maximum Gasteiger partial charge on any atom is 0.387 e. The summed E-state index contributed by atoms with van der Waals surface area (Å²) < 4.78 is 71.8. The third kappa shape index (κ3) is 4.76. The standard InChI is InChI=1S/C24H23F5N5O2/c1-23(12-24(28,29)13-23)32-34(35)16-6-7-18-19(10-16)33(20-8-5-15(25)11-30-20)31-21(18)14-3-2-4-17(9-14)36-22(26)27/h2-5,8-9,11,16,22H,6-7,10,12-13H2,1H3,(H,32,35)/q+1/t16-/m1/s1. The number of hydrogen-bond acceptors (Lipinski definition) is 4. The van der Waals surface area contributed by atoms with Crippen LogP contribution in [0.1, 0.15) is 37.4 Å². The number of aromatic nitrogens is 3. The molecule has 0 bridgehead atoms. The van der Waals surface area contributed by atoms with Crippen LogP contribution in [0.5, 0.6) is 5.75 Å². The summed E-state index contributed by atoms with van der Waals surface area (Å²) in [4.78, 5) is 17.7. The highest BCUT2D eigenvalue weighted by atomic mass is 19.3. The Bertz CT molecular complexity index is 1290. The van der Waals surface area contributed by atoms with Gasteiger partial charge in [0.25, 0.3) is 5.92 Å². The number of nitrogens with one attached hydrogen (secondary N) is 1. The van der Waals surface area contributed by atoms with Crippen molar-refractivity contribution < 1.29 is 31.6 Å². The van der Waals surface area contributed by atoms with Crippen molar-refractivity contribution in [1.82, 2.24) is 20.2 Å². The summed E-state index contributed by atoms with van der Waals surface area (Å²) in [6, 6.07) is 8.22. The average molecular weight is 508 g/mol. The molecule has 7 nitrogen and oxygen atoms in total. The van der Waals surface area contributed by atoms with Gasteiger partial charge in [-0.3, -0.25) is 0 Å². The molecule has 0 unspecified atom stereocenters. The molecule has 0 spiro atoms. The van der Waals surface area contributed by atoms with E-state index in [0.717, 1.165) is 11.8 Å². The fourth-order valence-electron chi connectivity index (χ4n) is 5.05. The largest absolute Gasteiger partial charge is 0.435 e. The minimum absolute atomic E-state index is 0.0279. The lowest BCUT2D eigenvalue weighted by molar-refractivity contribution is -0.657. The van der Waals surface area contributed by atoms with Crippen LogP contribution in [0.4, 0.5) is 22.0 Å². The molecule has 0 saturated heterocycles. The first kappa shape index (κ1) is 24.1. The minimum atomic E-state index is -2.98. The van der Waals surface area contributed by atoms with Gasteiger partial charge >= 0.3 is 6.61 Å². The quantitative estimate of drug-likeness (QED) is 0.276. The highest BCUT2D eigenvalue weighted by Gasteiger charge is 2.57. The van der Waals surface area contributed by atoms with Crippen LogP contribution in [0, 0.1) is 10.7 Å². The molecule has 5 rings (SSSR count). The van der Waals surface area contributed by atoms with Crippen LogP contribution >= 0.6 is 0 Å². The second kappa shape index (κ2) is 8.82. The molecule has 2 aliphatic carbocycles. The molecule has 1 saturated carbocycles. The zero-order chi connectivity index (χ0) is 25.7. The second-order valence-corrected chi connectivity index (χ2v) is 9.53. The molecule has 1 N–H and O–H groups in total. The van der Waals surface area contributed by atoms with Crippen molar-refractivity contribution in [3.63, 3.8) is 0 Å². The Morgan fingerprint density at radius 3 is 2.67 bits per heavy atom. The van der Waals surface area contributed by atoms with Crippen molar-refractivity contribution in [2.24, 2.45) is 0 Å². The molecule has 2 heterocycles. The number of hydrogen-bond donors (Lipinski definition) is 1. The van der Waals surface area contributed by atoms with Crippen LogP contribution in [-0.4, -0.2) is 43.7 Å². The Kier molecular flexibility index (Phi) is 5.92. The molecule has 12 heteroatoms. The smallest absolute Gasteiger partial charge is 0.387 e. The van der Waals surface area contributed by atoms with E-state index in [1.807, 2.05) is 0 Å². The second-order valence-electron chi connectivity index (χ2n) is 9.53. The molecule has 190 valence electrons. The van der Waals surface area contributed by atoms with Gasteiger partial charge in [0.2, 0.25) is 6.04 Å². The predicted molar refractivity (Wildman–Crippen MR) is 119 cm³/mol. The maximum atomic E-state index is 13.5. The van der Waals surface area contributed by atoms with Crippen LogP contribution in [0.25, 0.3) is 17.1 Å². The summed E-state index contributed by atoms with van der Waals surface area (Å²) >= 11 is 0. The van der Waals surface area contributed by atoms with Crippen molar-refractivity contribution >= 4 is 0 Å². The summed E-state index contributed by atoms with van der Waals surface area (Å²) in [6.07, 6.45) is 1.25. The highest BCUT2D eigenvalue weighted by molar-refractivity contribution is 5.67. The van der Waals surface area contributed by atoms with E-state index in [9.17, 15) is 26.9 Å². The third-order valence-electron chi connectivity index (χ3n) is 6.52. The lowest BCUT2D eigenvalue weighted by atomic mass is 9.75. The van der Waals surface area contributed by atoms with Crippen molar-refractivity contribution in [2.45, 2.75) is 63.1 Å². The van der Waals surface area contributed by atoms with E-state index in [-0.39, 0.29) is 12.2 Å². The number of rotatable bonds is 7. The van der Waals surface area contributed by atoms with Crippen LogP contribution in [0.15, 0.2) is 42.6 Å². The van der Waals surface area contributed by atoms with Crippen molar-refractivity contribution in [2.75, 3.05) is 0 Å². The fraction of sp³-hybridized carbons (Fsp3) is 0.417. The van der Waals surface area contributed by atoms with E-state index in [1.165, 1.54) is 28.9 Å². The molecule has 0 amide bonds. The molecule has 1 aromatic carbocycles. The van der Waals surface area contributed by atoms with E-state index in [0.29, 0.717) is 40.5 Å². The third-order valence-corrected chi connectivity index (χ3v) is 6.52. The molecule has 1 atom stereocenters. The number of hydrazine groups is 1. The van der Waals surface area contributed by atoms with Gasteiger partial charge in [0.05, 0.1) is 28.9 Å². The Morgan fingerprint density at radius 1 is 1.22 bits per heavy atom. The van der Waals surface area contributed by atoms with Gasteiger partial charge in [0.1, 0.15) is 22.0 Å². The maximum absolute atomic E-state index is 13.5. The summed E-state index contributed by atoms with van der Waals surface area (Å²) in [5.74, 6) is -3.03. The van der Waals surface area contributed by atoms with E-state index in [1.54, 1.807) is 19.1 Å². The van der Waals surface area contributed by atoms with E-state index in [4.69, 9.17) is 0 Å². The Labute approximate surface area is 202 Å². The van der Waals surface area contributed by atoms with E-state index >= 15 is 0 Å². The SMILES string of the molecule is CC1(N[N+](=O)[C@@H]2CCc3c(-c4cccc(OC(F)F)c4)nn(-c4ccc(F)cn4)c3C2)CC(F)(F)C1. The van der Waals surface area contributed by atoms with Gasteiger partial charge in [-0.25, -0.2) is 22.8 Å². The molecular weight excluding hydrogens is 485 g/mol. The summed E-state index contributed by atoms with van der Waals surface area (Å²) in [5.41, 5.74) is 4.19. The van der Waals surface area contributed by atoms with Crippen LogP contribution in [-0.2, 0) is 12.8 Å². The lowest BCUT2D eigenvalue weighted by Crippen LogP contribution is -2.62. The van der Waals surface area contributed by atoms with Gasteiger partial charge in [0.15, 0.2) is 5.82 Å². The first-order valence-corrected chi connectivity index (χ1v) is 11.4. The van der Waals surface area contributed by atoms with Crippen molar-refractivity contribution in [3.05, 3.63) is 64.6 Å². The number of pyridine rings is 1. The molecular formula is C24H23F5N5O2+. The monoisotopic (exact) mass is 508 g/mol.